The fourth-order valence-corrected chi connectivity index (χ4v) is 7.93. The van der Waals surface area contributed by atoms with Crippen molar-refractivity contribution in [3.05, 3.63) is 30.0 Å². The minimum Gasteiger partial charge on any atom is -0.463 e. The van der Waals surface area contributed by atoms with Gasteiger partial charge in [-0.1, -0.05) is 0 Å². The van der Waals surface area contributed by atoms with E-state index in [1.165, 1.54) is 7.11 Å². The molecule has 1 aliphatic heterocycles. The van der Waals surface area contributed by atoms with Crippen LogP contribution in [-0.4, -0.2) is 80.0 Å². The van der Waals surface area contributed by atoms with Gasteiger partial charge in [-0.25, -0.2) is 14.0 Å². The number of ether oxygens (including phenoxy) is 3. The summed E-state index contributed by atoms with van der Waals surface area (Å²) in [5.41, 5.74) is 0.348. The normalized spacial score (nSPS) is 26.9. The van der Waals surface area contributed by atoms with Gasteiger partial charge in [0.2, 0.25) is 17.6 Å². The summed E-state index contributed by atoms with van der Waals surface area (Å²) in [5.74, 6) is -0.856. The molecule has 0 radical (unpaired) electrons. The molecule has 12 heteroatoms. The molecule has 48 heavy (non-hydrogen) atoms. The lowest BCUT2D eigenvalue weighted by molar-refractivity contribution is -0.142. The van der Waals surface area contributed by atoms with Gasteiger partial charge in [0, 0.05) is 30.6 Å². The molecule has 1 aromatic heterocycles. The highest BCUT2D eigenvalue weighted by Gasteiger charge is 2.47. The lowest BCUT2D eigenvalue weighted by atomic mass is 9.75. The predicted molar refractivity (Wildman–Crippen MR) is 177 cm³/mol. The monoisotopic (exact) mass is 671 g/mol. The Kier molecular flexibility index (Phi) is 11.3. The quantitative estimate of drug-likeness (QED) is 0.299. The summed E-state index contributed by atoms with van der Waals surface area (Å²) >= 11 is 0. The minimum absolute atomic E-state index is 0.0145. The van der Waals surface area contributed by atoms with Crippen molar-refractivity contribution >= 4 is 40.5 Å². The molecule has 3 amide bonds. The molecule has 3 fully saturated rings. The van der Waals surface area contributed by atoms with Gasteiger partial charge in [-0.15, -0.1) is 0 Å². The number of rotatable bonds is 9. The van der Waals surface area contributed by atoms with E-state index in [-0.39, 0.29) is 41.4 Å². The maximum Gasteiger partial charge on any atom is 0.407 e. The number of alkyl halides is 1. The van der Waals surface area contributed by atoms with E-state index in [4.69, 9.17) is 18.6 Å². The van der Waals surface area contributed by atoms with Crippen molar-refractivity contribution in [3.63, 3.8) is 0 Å². The van der Waals surface area contributed by atoms with Crippen LogP contribution in [0, 0.1) is 23.7 Å². The fourth-order valence-electron chi connectivity index (χ4n) is 7.93. The average molecular weight is 672 g/mol. The number of furan rings is 1. The van der Waals surface area contributed by atoms with Gasteiger partial charge in [-0.2, -0.15) is 0 Å². The zero-order valence-electron chi connectivity index (χ0n) is 28.7. The van der Waals surface area contributed by atoms with E-state index >= 15 is 0 Å². The van der Waals surface area contributed by atoms with Gasteiger partial charge >= 0.3 is 12.1 Å². The van der Waals surface area contributed by atoms with Gasteiger partial charge in [0.1, 0.15) is 23.9 Å². The molecule has 3 aliphatic rings. The van der Waals surface area contributed by atoms with Crippen molar-refractivity contribution in [2.24, 2.45) is 23.7 Å². The third-order valence-electron chi connectivity index (χ3n) is 10.4. The molecule has 0 bridgehead atoms. The highest BCUT2D eigenvalue weighted by Crippen LogP contribution is 2.42. The number of nitrogens with zero attached hydrogens (tertiary/aromatic N) is 1. The highest BCUT2D eigenvalue weighted by atomic mass is 19.1. The Hall–Kier alpha value is -3.67. The molecule has 0 unspecified atom stereocenters. The van der Waals surface area contributed by atoms with Crippen LogP contribution in [0.15, 0.2) is 28.7 Å². The van der Waals surface area contributed by atoms with Crippen molar-refractivity contribution < 1.29 is 42.2 Å². The molecule has 11 nitrogen and oxygen atoms in total. The molecular weight excluding hydrogens is 621 g/mol. The molecular formula is C36H50FN3O8. The number of benzene rings is 1. The van der Waals surface area contributed by atoms with Crippen LogP contribution in [0.2, 0.25) is 0 Å². The fraction of sp³-hybridized carbons (Fsp3) is 0.667. The SMILES string of the molecule is COC(=O)c1cc2cc(NC(=O)[C@H]3[C@H](C4CCC(OC)CC4)CCN3C(=O)C3CCC([C@@H](CF)NC(=O)OC(C)(C)C)CC3)ccc2o1. The number of amides is 3. The van der Waals surface area contributed by atoms with Gasteiger partial charge in [0.05, 0.1) is 19.3 Å². The topological polar surface area (TPSA) is 136 Å². The number of hydrogen-bond acceptors (Lipinski definition) is 8. The van der Waals surface area contributed by atoms with Crippen LogP contribution in [-0.2, 0) is 23.8 Å². The first kappa shape index (κ1) is 35.6. The third kappa shape index (κ3) is 8.30. The number of nitrogens with one attached hydrogen (secondary N) is 2. The Morgan fingerprint density at radius 3 is 2.31 bits per heavy atom. The molecule has 2 saturated carbocycles. The zero-order chi connectivity index (χ0) is 34.6. The molecule has 2 N–H and O–H groups in total. The van der Waals surface area contributed by atoms with E-state index in [1.807, 2.05) is 0 Å². The molecule has 1 saturated heterocycles. The van der Waals surface area contributed by atoms with Crippen LogP contribution >= 0.6 is 0 Å². The van der Waals surface area contributed by atoms with Gasteiger partial charge in [-0.05, 0) is 121 Å². The second kappa shape index (κ2) is 15.3. The number of fused-ring (bicyclic) bond motifs is 1. The summed E-state index contributed by atoms with van der Waals surface area (Å²) in [6.07, 6.45) is 6.35. The number of methoxy groups -OCH3 is 2. The molecule has 0 spiro atoms. The van der Waals surface area contributed by atoms with Crippen LogP contribution in [0.1, 0.15) is 89.1 Å². The second-order valence-corrected chi connectivity index (χ2v) is 14.6. The Bertz CT molecular complexity index is 1450. The highest BCUT2D eigenvalue weighted by molar-refractivity contribution is 6.00. The van der Waals surface area contributed by atoms with E-state index < -0.39 is 36.4 Å². The maximum atomic E-state index is 14.2. The van der Waals surface area contributed by atoms with Crippen LogP contribution in [0.5, 0.6) is 0 Å². The molecule has 3 atom stereocenters. The third-order valence-corrected chi connectivity index (χ3v) is 10.4. The summed E-state index contributed by atoms with van der Waals surface area (Å²) in [4.78, 5) is 54.4. The average Bonchev–Trinajstić information content (AvgIpc) is 3.71. The summed E-state index contributed by atoms with van der Waals surface area (Å²) in [5, 5.41) is 6.39. The van der Waals surface area contributed by atoms with Crippen molar-refractivity contribution in [3.8, 4) is 0 Å². The number of alkyl carbamates (subject to hydrolysis) is 1. The van der Waals surface area contributed by atoms with Crippen LogP contribution < -0.4 is 10.6 Å². The number of carbonyl (C=O) groups is 4. The molecule has 2 aliphatic carbocycles. The standard InChI is InChI=1S/C36H50FN3O8/c1-36(2,3)48-35(44)39-28(20-37)22-6-8-23(9-7-22)33(42)40-17-16-27(21-10-13-26(45-4)14-11-21)31(40)32(41)38-25-12-15-29-24(18-25)19-30(47-29)34(43)46-5/h12,15,18-19,21-23,26-28,31H,6-11,13-14,16-17,20H2,1-5H3,(H,38,41)(H,39,44)/t21?,22?,23?,26?,27-,28+,31+/m0/s1. The number of esters is 1. The summed E-state index contributed by atoms with van der Waals surface area (Å²) < 4.78 is 35.3. The van der Waals surface area contributed by atoms with Gasteiger partial charge < -0.3 is 34.2 Å². The van der Waals surface area contributed by atoms with Crippen molar-refractivity contribution in [2.45, 2.75) is 102 Å². The van der Waals surface area contributed by atoms with Crippen LogP contribution in [0.3, 0.4) is 0 Å². The predicted octanol–water partition coefficient (Wildman–Crippen LogP) is 6.25. The minimum atomic E-state index is -0.710. The Morgan fingerprint density at radius 2 is 1.69 bits per heavy atom. The van der Waals surface area contributed by atoms with Crippen molar-refractivity contribution in [1.82, 2.24) is 10.2 Å². The molecule has 5 rings (SSSR count). The summed E-state index contributed by atoms with van der Waals surface area (Å²) in [7, 11) is 3.02. The largest absolute Gasteiger partial charge is 0.463 e. The smallest absolute Gasteiger partial charge is 0.407 e. The molecule has 264 valence electrons. The number of hydrogen-bond donors (Lipinski definition) is 2. The number of anilines is 1. The molecule has 2 aromatic rings. The first-order valence-electron chi connectivity index (χ1n) is 17.2. The Morgan fingerprint density at radius 1 is 0.979 bits per heavy atom. The Labute approximate surface area is 281 Å². The first-order valence-corrected chi connectivity index (χ1v) is 17.2. The van der Waals surface area contributed by atoms with Gasteiger partial charge in [-0.3, -0.25) is 9.59 Å². The number of carbonyl (C=O) groups excluding carboxylic acids is 4. The van der Waals surface area contributed by atoms with E-state index in [0.29, 0.717) is 54.8 Å². The zero-order valence-corrected chi connectivity index (χ0v) is 28.7. The number of likely N-dealkylation sites (tertiary alicyclic amines) is 1. The molecule has 2 heterocycles. The summed E-state index contributed by atoms with van der Waals surface area (Å²) in [6, 6.07) is 5.43. The van der Waals surface area contributed by atoms with Crippen molar-refractivity contribution in [2.75, 3.05) is 32.8 Å². The maximum absolute atomic E-state index is 14.2. The van der Waals surface area contributed by atoms with Crippen LogP contribution in [0.4, 0.5) is 14.9 Å². The summed E-state index contributed by atoms with van der Waals surface area (Å²) in [6.45, 7) is 5.07. The number of halogens is 1. The molecule has 1 aromatic carbocycles. The first-order chi connectivity index (χ1) is 22.9. The van der Waals surface area contributed by atoms with Crippen LogP contribution in [0.25, 0.3) is 11.0 Å². The van der Waals surface area contributed by atoms with E-state index in [9.17, 15) is 23.6 Å². The van der Waals surface area contributed by atoms with E-state index in [0.717, 1.165) is 32.1 Å². The Balaban J connectivity index is 1.28. The van der Waals surface area contributed by atoms with Gasteiger partial charge in [0.25, 0.3) is 0 Å². The van der Waals surface area contributed by atoms with Crippen molar-refractivity contribution in [1.29, 1.82) is 0 Å². The lowest BCUT2D eigenvalue weighted by Crippen LogP contribution is -2.50. The lowest BCUT2D eigenvalue weighted by Gasteiger charge is -2.38. The second-order valence-electron chi connectivity index (χ2n) is 14.6. The van der Waals surface area contributed by atoms with E-state index in [1.54, 1.807) is 57.0 Å². The van der Waals surface area contributed by atoms with Gasteiger partial charge in [0.15, 0.2) is 0 Å². The van der Waals surface area contributed by atoms with E-state index in [2.05, 4.69) is 10.6 Å².